The van der Waals surface area contributed by atoms with E-state index in [2.05, 4.69) is 15.9 Å². The van der Waals surface area contributed by atoms with Crippen molar-refractivity contribution in [2.45, 2.75) is 13.5 Å². The highest BCUT2D eigenvalue weighted by atomic mass is 79.9. The van der Waals surface area contributed by atoms with Crippen LogP contribution in [-0.4, -0.2) is 15.6 Å². The van der Waals surface area contributed by atoms with E-state index < -0.39 is 5.97 Å². The Bertz CT molecular complexity index is 543. The minimum atomic E-state index is -0.885. The summed E-state index contributed by atoms with van der Waals surface area (Å²) in [7, 11) is 0. The number of aromatic nitrogens is 1. The Balaban J connectivity index is 2.30. The molecule has 1 N–H and O–H groups in total. The first-order valence-corrected chi connectivity index (χ1v) is 6.00. The van der Waals surface area contributed by atoms with Gasteiger partial charge in [-0.05, 0) is 36.2 Å². The van der Waals surface area contributed by atoms with Crippen LogP contribution in [0, 0.1) is 6.92 Å². The number of nitrogens with zero attached hydrogens (tertiary/aromatic N) is 1. The van der Waals surface area contributed by atoms with Crippen LogP contribution in [0.4, 0.5) is 0 Å². The molecule has 4 heteroatoms. The van der Waals surface area contributed by atoms with Crippen molar-refractivity contribution in [3.05, 3.63) is 57.8 Å². The Kier molecular flexibility index (Phi) is 3.33. The van der Waals surface area contributed by atoms with E-state index >= 15 is 0 Å². The minimum absolute atomic E-state index is 0.355. The number of carboxylic acid groups (broad SMARTS) is 1. The lowest BCUT2D eigenvalue weighted by Gasteiger charge is -2.07. The fourth-order valence-corrected chi connectivity index (χ4v) is 2.06. The van der Waals surface area contributed by atoms with Gasteiger partial charge in [0.05, 0.1) is 0 Å². The molecular weight excluding hydrogens is 282 g/mol. The van der Waals surface area contributed by atoms with E-state index in [1.54, 1.807) is 10.8 Å². The topological polar surface area (TPSA) is 42.2 Å². The van der Waals surface area contributed by atoms with Gasteiger partial charge >= 0.3 is 5.97 Å². The average Bonchev–Trinajstić information content (AvgIpc) is 2.63. The maximum absolute atomic E-state index is 11.1. The van der Waals surface area contributed by atoms with Crippen molar-refractivity contribution in [2.75, 3.05) is 0 Å². The Morgan fingerprint density at radius 3 is 2.53 bits per heavy atom. The lowest BCUT2D eigenvalue weighted by atomic mass is 10.2. The summed E-state index contributed by atoms with van der Waals surface area (Å²) in [6.45, 7) is 2.38. The molecule has 1 heterocycles. The third-order valence-electron chi connectivity index (χ3n) is 2.63. The third-order valence-corrected chi connectivity index (χ3v) is 3.16. The largest absolute Gasteiger partial charge is 0.477 e. The molecular formula is C13H12BrNO2. The van der Waals surface area contributed by atoms with Crippen molar-refractivity contribution >= 4 is 21.9 Å². The zero-order chi connectivity index (χ0) is 12.4. The minimum Gasteiger partial charge on any atom is -0.477 e. The van der Waals surface area contributed by atoms with Gasteiger partial charge in [0.25, 0.3) is 0 Å². The van der Waals surface area contributed by atoms with Crippen molar-refractivity contribution in [2.24, 2.45) is 0 Å². The number of rotatable bonds is 3. The summed E-state index contributed by atoms with van der Waals surface area (Å²) in [5, 5.41) is 9.13. The molecule has 0 atom stereocenters. The van der Waals surface area contributed by atoms with Crippen LogP contribution < -0.4 is 0 Å². The summed E-state index contributed by atoms with van der Waals surface area (Å²) < 4.78 is 2.77. The molecule has 2 rings (SSSR count). The number of carboxylic acids is 1. The monoisotopic (exact) mass is 293 g/mol. The second-order valence-electron chi connectivity index (χ2n) is 3.91. The molecule has 3 nitrogen and oxygen atoms in total. The quantitative estimate of drug-likeness (QED) is 0.943. The summed E-state index contributed by atoms with van der Waals surface area (Å²) in [5.74, 6) is -0.885. The normalized spacial score (nSPS) is 10.5. The van der Waals surface area contributed by atoms with E-state index in [1.165, 1.54) is 0 Å². The zero-order valence-electron chi connectivity index (χ0n) is 9.35. The standard InChI is InChI=1S/C13H12BrNO2/c1-9-6-7-15(12(9)13(16)17)8-10-2-4-11(14)5-3-10/h2-7H,8H2,1H3,(H,16,17). The molecule has 88 valence electrons. The van der Waals surface area contributed by atoms with Gasteiger partial charge in [0, 0.05) is 17.2 Å². The number of aromatic carboxylic acids is 1. The fraction of sp³-hybridized carbons (Fsp3) is 0.154. The predicted octanol–water partition coefficient (Wildman–Crippen LogP) is 3.31. The Labute approximate surface area is 108 Å². The van der Waals surface area contributed by atoms with Gasteiger partial charge in [-0.25, -0.2) is 4.79 Å². The van der Waals surface area contributed by atoms with Crippen LogP contribution in [-0.2, 0) is 6.54 Å². The Hall–Kier alpha value is -1.55. The van der Waals surface area contributed by atoms with E-state index in [1.807, 2.05) is 37.3 Å². The van der Waals surface area contributed by atoms with Gasteiger partial charge < -0.3 is 9.67 Å². The lowest BCUT2D eigenvalue weighted by Crippen LogP contribution is -2.09. The van der Waals surface area contributed by atoms with E-state index in [0.29, 0.717) is 12.2 Å². The van der Waals surface area contributed by atoms with Crippen LogP contribution in [0.25, 0.3) is 0 Å². The number of hydrogen-bond donors (Lipinski definition) is 1. The number of carbonyl (C=O) groups is 1. The summed E-state index contributed by atoms with van der Waals surface area (Å²) in [6.07, 6.45) is 1.81. The number of hydrogen-bond acceptors (Lipinski definition) is 1. The Morgan fingerprint density at radius 1 is 1.29 bits per heavy atom. The van der Waals surface area contributed by atoms with E-state index in [9.17, 15) is 4.79 Å². The first kappa shape index (κ1) is 11.9. The highest BCUT2D eigenvalue weighted by Crippen LogP contribution is 2.15. The van der Waals surface area contributed by atoms with E-state index in [4.69, 9.17) is 5.11 Å². The van der Waals surface area contributed by atoms with Gasteiger partial charge in [-0.1, -0.05) is 28.1 Å². The maximum atomic E-state index is 11.1. The van der Waals surface area contributed by atoms with Gasteiger partial charge in [0.1, 0.15) is 5.69 Å². The number of halogens is 1. The third kappa shape index (κ3) is 2.58. The molecule has 0 aliphatic carbocycles. The number of benzene rings is 1. The molecule has 0 spiro atoms. The molecule has 0 fully saturated rings. The molecule has 1 aromatic carbocycles. The Morgan fingerprint density at radius 2 is 1.94 bits per heavy atom. The first-order valence-electron chi connectivity index (χ1n) is 5.21. The summed E-state index contributed by atoms with van der Waals surface area (Å²) in [5.41, 5.74) is 2.22. The smallest absolute Gasteiger partial charge is 0.352 e. The van der Waals surface area contributed by atoms with Crippen LogP contribution in [0.5, 0.6) is 0 Å². The molecule has 0 saturated heterocycles. The van der Waals surface area contributed by atoms with Crippen molar-refractivity contribution in [1.82, 2.24) is 4.57 Å². The summed E-state index contributed by atoms with van der Waals surface area (Å²) >= 11 is 3.37. The molecule has 0 unspecified atom stereocenters. The van der Waals surface area contributed by atoms with Crippen molar-refractivity contribution < 1.29 is 9.90 Å². The molecule has 0 radical (unpaired) electrons. The second-order valence-corrected chi connectivity index (χ2v) is 4.82. The van der Waals surface area contributed by atoms with Crippen molar-refractivity contribution in [3.8, 4) is 0 Å². The van der Waals surface area contributed by atoms with Crippen LogP contribution in [0.3, 0.4) is 0 Å². The van der Waals surface area contributed by atoms with Gasteiger partial charge in [-0.3, -0.25) is 0 Å². The average molecular weight is 294 g/mol. The second kappa shape index (κ2) is 4.75. The van der Waals surface area contributed by atoms with Gasteiger partial charge in [-0.2, -0.15) is 0 Å². The summed E-state index contributed by atoms with van der Waals surface area (Å²) in [6, 6.07) is 9.68. The van der Waals surface area contributed by atoms with Gasteiger partial charge in [-0.15, -0.1) is 0 Å². The molecule has 0 amide bonds. The van der Waals surface area contributed by atoms with Gasteiger partial charge in [0.15, 0.2) is 0 Å². The lowest BCUT2D eigenvalue weighted by molar-refractivity contribution is 0.0685. The van der Waals surface area contributed by atoms with Crippen molar-refractivity contribution in [3.63, 3.8) is 0 Å². The molecule has 1 aromatic heterocycles. The molecule has 2 aromatic rings. The first-order chi connectivity index (χ1) is 8.08. The predicted molar refractivity (Wildman–Crippen MR) is 69.4 cm³/mol. The number of aryl methyl sites for hydroxylation is 1. The van der Waals surface area contributed by atoms with Crippen molar-refractivity contribution in [1.29, 1.82) is 0 Å². The highest BCUT2D eigenvalue weighted by molar-refractivity contribution is 9.10. The maximum Gasteiger partial charge on any atom is 0.352 e. The zero-order valence-corrected chi connectivity index (χ0v) is 10.9. The van der Waals surface area contributed by atoms with E-state index in [0.717, 1.165) is 15.6 Å². The van der Waals surface area contributed by atoms with E-state index in [-0.39, 0.29) is 0 Å². The molecule has 0 bridgehead atoms. The van der Waals surface area contributed by atoms with Crippen LogP contribution in [0.15, 0.2) is 41.0 Å². The SMILES string of the molecule is Cc1ccn(Cc2ccc(Br)cc2)c1C(=O)O. The van der Waals surface area contributed by atoms with Crippen LogP contribution in [0.1, 0.15) is 21.6 Å². The highest BCUT2D eigenvalue weighted by Gasteiger charge is 2.13. The molecule has 0 aliphatic heterocycles. The molecule has 17 heavy (non-hydrogen) atoms. The van der Waals surface area contributed by atoms with Crippen LogP contribution >= 0.6 is 15.9 Å². The molecule has 0 aliphatic rings. The summed E-state index contributed by atoms with van der Waals surface area (Å²) in [4.78, 5) is 11.1. The molecule has 0 saturated carbocycles. The fourth-order valence-electron chi connectivity index (χ4n) is 1.79. The van der Waals surface area contributed by atoms with Gasteiger partial charge in [0.2, 0.25) is 0 Å². The van der Waals surface area contributed by atoms with Crippen LogP contribution in [0.2, 0.25) is 0 Å².